The van der Waals surface area contributed by atoms with Crippen molar-refractivity contribution in [2.75, 3.05) is 0 Å². The molecule has 1 saturated carbocycles. The van der Waals surface area contributed by atoms with Crippen LogP contribution in [0.15, 0.2) is 23.3 Å². The van der Waals surface area contributed by atoms with Crippen LogP contribution < -0.4 is 0 Å². The fourth-order valence-electron chi connectivity index (χ4n) is 2.45. The smallest absolute Gasteiger partial charge is 0.331 e. The fourth-order valence-corrected chi connectivity index (χ4v) is 2.45. The van der Waals surface area contributed by atoms with Gasteiger partial charge in [0.1, 0.15) is 0 Å². The molecule has 2 aliphatic carbocycles. The Morgan fingerprint density at radius 1 is 1.38 bits per heavy atom. The van der Waals surface area contributed by atoms with E-state index in [2.05, 4.69) is 0 Å². The van der Waals surface area contributed by atoms with Crippen LogP contribution in [0, 0.1) is 11.3 Å². The summed E-state index contributed by atoms with van der Waals surface area (Å²) < 4.78 is 0. The van der Waals surface area contributed by atoms with E-state index in [4.69, 9.17) is 5.11 Å². The molecule has 2 aliphatic rings. The molecule has 0 spiro atoms. The van der Waals surface area contributed by atoms with Crippen LogP contribution in [0.1, 0.15) is 26.2 Å². The minimum Gasteiger partial charge on any atom is -0.481 e. The van der Waals surface area contributed by atoms with Gasteiger partial charge < -0.3 is 10.2 Å². The molecule has 4 nitrogen and oxygen atoms in total. The van der Waals surface area contributed by atoms with Crippen LogP contribution in [0.5, 0.6) is 0 Å². The molecule has 2 N–H and O–H groups in total. The zero-order chi connectivity index (χ0) is 11.9. The molecule has 0 radical (unpaired) electrons. The van der Waals surface area contributed by atoms with Gasteiger partial charge in [0.15, 0.2) is 0 Å². The topological polar surface area (TPSA) is 74.6 Å². The third kappa shape index (κ3) is 1.64. The predicted molar refractivity (Wildman–Crippen MR) is 56.9 cm³/mol. The maximum absolute atomic E-state index is 11.4. The molecular weight excluding hydrogens is 208 g/mol. The maximum Gasteiger partial charge on any atom is 0.331 e. The average Bonchev–Trinajstić information content (AvgIpc) is 2.99. The van der Waals surface area contributed by atoms with E-state index in [9.17, 15) is 14.7 Å². The van der Waals surface area contributed by atoms with Gasteiger partial charge in [0.05, 0.1) is 5.41 Å². The largest absolute Gasteiger partial charge is 0.481 e. The number of hydrogen-bond acceptors (Lipinski definition) is 2. The normalized spacial score (nSPS) is 29.3. The molecule has 0 aromatic rings. The Morgan fingerprint density at radius 3 is 2.44 bits per heavy atom. The van der Waals surface area contributed by atoms with Crippen LogP contribution in [-0.2, 0) is 9.59 Å². The molecule has 0 aromatic carbocycles. The molecule has 2 rings (SSSR count). The van der Waals surface area contributed by atoms with E-state index in [1.54, 1.807) is 19.1 Å². The second kappa shape index (κ2) is 3.47. The highest BCUT2D eigenvalue weighted by molar-refractivity contribution is 5.91. The zero-order valence-corrected chi connectivity index (χ0v) is 9.06. The monoisotopic (exact) mass is 222 g/mol. The maximum atomic E-state index is 11.4. The van der Waals surface area contributed by atoms with Crippen molar-refractivity contribution in [3.63, 3.8) is 0 Å². The van der Waals surface area contributed by atoms with Crippen molar-refractivity contribution >= 4 is 11.9 Å². The van der Waals surface area contributed by atoms with E-state index in [0.717, 1.165) is 18.4 Å². The lowest BCUT2D eigenvalue weighted by Crippen LogP contribution is -2.34. The molecule has 0 amide bonds. The van der Waals surface area contributed by atoms with Crippen molar-refractivity contribution in [1.82, 2.24) is 0 Å². The summed E-state index contributed by atoms with van der Waals surface area (Å²) in [5.41, 5.74) is -0.0423. The van der Waals surface area contributed by atoms with Gasteiger partial charge in [-0.15, -0.1) is 0 Å². The molecule has 16 heavy (non-hydrogen) atoms. The molecule has 4 heteroatoms. The number of aliphatic carboxylic acids is 2. The average molecular weight is 222 g/mol. The summed E-state index contributed by atoms with van der Waals surface area (Å²) in [6.07, 6.45) is 5.15. The lowest BCUT2D eigenvalue weighted by molar-refractivity contribution is -0.147. The van der Waals surface area contributed by atoms with E-state index >= 15 is 0 Å². The summed E-state index contributed by atoms with van der Waals surface area (Å²) in [6, 6.07) is 0. The fraction of sp³-hybridized carbons (Fsp3) is 0.500. The number of carbonyl (C=O) groups is 2. The van der Waals surface area contributed by atoms with Crippen molar-refractivity contribution in [3.05, 3.63) is 23.3 Å². The molecule has 0 saturated heterocycles. The highest BCUT2D eigenvalue weighted by Gasteiger charge is 2.51. The number of rotatable bonds is 3. The Kier molecular flexibility index (Phi) is 2.37. The summed E-state index contributed by atoms with van der Waals surface area (Å²) >= 11 is 0. The molecule has 1 atom stereocenters. The first-order chi connectivity index (χ1) is 7.45. The van der Waals surface area contributed by atoms with Gasteiger partial charge in [-0.1, -0.05) is 11.6 Å². The minimum atomic E-state index is -1.02. The minimum absolute atomic E-state index is 0.1000. The molecular formula is C12H14O4. The molecule has 0 aliphatic heterocycles. The first-order valence-electron chi connectivity index (χ1n) is 5.32. The summed E-state index contributed by atoms with van der Waals surface area (Å²) in [4.78, 5) is 22.4. The second-order valence-corrected chi connectivity index (χ2v) is 4.66. The van der Waals surface area contributed by atoms with Crippen molar-refractivity contribution in [1.29, 1.82) is 0 Å². The number of hydrogen-bond donors (Lipinski definition) is 2. The highest BCUT2D eigenvalue weighted by Crippen LogP contribution is 2.52. The van der Waals surface area contributed by atoms with Crippen molar-refractivity contribution < 1.29 is 19.8 Å². The number of carboxylic acid groups (broad SMARTS) is 2. The van der Waals surface area contributed by atoms with E-state index in [0.29, 0.717) is 0 Å². The van der Waals surface area contributed by atoms with Crippen molar-refractivity contribution in [2.24, 2.45) is 11.3 Å². The zero-order valence-electron chi connectivity index (χ0n) is 9.06. The van der Waals surface area contributed by atoms with Crippen molar-refractivity contribution in [2.45, 2.75) is 26.2 Å². The molecule has 86 valence electrons. The predicted octanol–water partition coefficient (Wildman–Crippen LogP) is 1.83. The third-order valence-electron chi connectivity index (χ3n) is 3.35. The van der Waals surface area contributed by atoms with Crippen LogP contribution in [0.25, 0.3) is 0 Å². The Morgan fingerprint density at radius 2 is 2.00 bits per heavy atom. The molecule has 1 fully saturated rings. The number of carboxylic acids is 2. The Hall–Kier alpha value is -1.58. The van der Waals surface area contributed by atoms with Gasteiger partial charge in [-0.05, 0) is 38.2 Å². The van der Waals surface area contributed by atoms with Gasteiger partial charge in [-0.2, -0.15) is 0 Å². The Balaban J connectivity index is 2.40. The Labute approximate surface area is 93.3 Å². The van der Waals surface area contributed by atoms with Gasteiger partial charge in [0, 0.05) is 5.57 Å². The summed E-state index contributed by atoms with van der Waals surface area (Å²) in [5.74, 6) is -1.82. The van der Waals surface area contributed by atoms with Crippen LogP contribution in [0.2, 0.25) is 0 Å². The first kappa shape index (κ1) is 10.9. The van der Waals surface area contributed by atoms with Gasteiger partial charge in [-0.25, -0.2) is 4.79 Å². The quantitative estimate of drug-likeness (QED) is 0.763. The summed E-state index contributed by atoms with van der Waals surface area (Å²) in [5, 5.41) is 18.3. The second-order valence-electron chi connectivity index (χ2n) is 4.66. The highest BCUT2D eigenvalue weighted by atomic mass is 16.4. The molecule has 1 unspecified atom stereocenters. The van der Waals surface area contributed by atoms with Gasteiger partial charge >= 0.3 is 11.9 Å². The van der Waals surface area contributed by atoms with Crippen LogP contribution in [0.4, 0.5) is 0 Å². The van der Waals surface area contributed by atoms with Crippen LogP contribution >= 0.6 is 0 Å². The molecule has 0 bridgehead atoms. The standard InChI is InChI=1S/C12H14O4/c1-7-4-8(10(13)14)6-12(5-7,11(15)16)9-2-3-9/h4-5,9H,2-3,6H2,1H3,(H,13,14)(H,15,16). The molecule has 0 aromatic heterocycles. The van der Waals surface area contributed by atoms with E-state index in [-0.39, 0.29) is 17.9 Å². The van der Waals surface area contributed by atoms with Crippen LogP contribution in [-0.4, -0.2) is 22.2 Å². The number of allylic oxidation sites excluding steroid dienone is 2. The molecule has 0 heterocycles. The van der Waals surface area contributed by atoms with E-state index < -0.39 is 17.4 Å². The van der Waals surface area contributed by atoms with Crippen molar-refractivity contribution in [3.8, 4) is 0 Å². The van der Waals surface area contributed by atoms with Gasteiger partial charge in [0.2, 0.25) is 0 Å². The lowest BCUT2D eigenvalue weighted by Gasteiger charge is -2.29. The van der Waals surface area contributed by atoms with Crippen LogP contribution in [0.3, 0.4) is 0 Å². The SMILES string of the molecule is CC1=CC(C(=O)O)(C2CC2)CC(C(=O)O)=C1. The summed E-state index contributed by atoms with van der Waals surface area (Å²) in [7, 11) is 0. The third-order valence-corrected chi connectivity index (χ3v) is 3.35. The van der Waals surface area contributed by atoms with Gasteiger partial charge in [0.25, 0.3) is 0 Å². The van der Waals surface area contributed by atoms with Gasteiger partial charge in [-0.3, -0.25) is 4.79 Å². The first-order valence-corrected chi connectivity index (χ1v) is 5.32. The van der Waals surface area contributed by atoms with E-state index in [1.165, 1.54) is 0 Å². The lowest BCUT2D eigenvalue weighted by atomic mass is 9.72. The Bertz CT molecular complexity index is 415. The van der Waals surface area contributed by atoms with E-state index in [1.807, 2.05) is 0 Å². The summed E-state index contributed by atoms with van der Waals surface area (Å²) in [6.45, 7) is 1.75.